The first-order chi connectivity index (χ1) is 7.61. The lowest BCUT2D eigenvalue weighted by Crippen LogP contribution is -2.01. The summed E-state index contributed by atoms with van der Waals surface area (Å²) in [7, 11) is 0. The Morgan fingerprint density at radius 1 is 1.38 bits per heavy atom. The monoisotopic (exact) mass is 272 g/mol. The summed E-state index contributed by atoms with van der Waals surface area (Å²) in [6.45, 7) is 1.73. The summed E-state index contributed by atoms with van der Waals surface area (Å²) in [6, 6.07) is 4.96. The SMILES string of the molecule is Cc1nnsc1C(=O)c1cccc(Cl)c1Cl. The molecule has 0 aliphatic rings. The second-order valence-corrected chi connectivity index (χ2v) is 4.66. The van der Waals surface area contributed by atoms with Crippen molar-refractivity contribution in [3.63, 3.8) is 0 Å². The molecule has 0 amide bonds. The van der Waals surface area contributed by atoms with Crippen LogP contribution in [-0.2, 0) is 0 Å². The van der Waals surface area contributed by atoms with Gasteiger partial charge in [-0.2, -0.15) is 0 Å². The second-order valence-electron chi connectivity index (χ2n) is 3.12. The Bertz CT molecular complexity index is 554. The fourth-order valence-electron chi connectivity index (χ4n) is 1.24. The number of ketones is 1. The summed E-state index contributed by atoms with van der Waals surface area (Å²) in [6.07, 6.45) is 0. The first kappa shape index (κ1) is 11.5. The van der Waals surface area contributed by atoms with E-state index < -0.39 is 0 Å². The van der Waals surface area contributed by atoms with Crippen LogP contribution in [0.15, 0.2) is 18.2 Å². The maximum Gasteiger partial charge on any atom is 0.208 e. The van der Waals surface area contributed by atoms with E-state index in [9.17, 15) is 4.79 Å². The number of hydrogen-bond acceptors (Lipinski definition) is 4. The van der Waals surface area contributed by atoms with Gasteiger partial charge in [-0.25, -0.2) is 0 Å². The van der Waals surface area contributed by atoms with Gasteiger partial charge in [-0.15, -0.1) is 5.10 Å². The highest BCUT2D eigenvalue weighted by atomic mass is 35.5. The zero-order valence-electron chi connectivity index (χ0n) is 8.20. The molecular formula is C10H6Cl2N2OS. The van der Waals surface area contributed by atoms with Gasteiger partial charge >= 0.3 is 0 Å². The van der Waals surface area contributed by atoms with Crippen LogP contribution in [0.4, 0.5) is 0 Å². The highest BCUT2D eigenvalue weighted by Gasteiger charge is 2.19. The van der Waals surface area contributed by atoms with Gasteiger partial charge in [0.1, 0.15) is 4.88 Å². The lowest BCUT2D eigenvalue weighted by Gasteiger charge is -2.02. The van der Waals surface area contributed by atoms with Gasteiger partial charge in [0.15, 0.2) is 0 Å². The van der Waals surface area contributed by atoms with Gasteiger partial charge in [0.2, 0.25) is 5.78 Å². The van der Waals surface area contributed by atoms with Gasteiger partial charge in [0.05, 0.1) is 15.7 Å². The van der Waals surface area contributed by atoms with Gasteiger partial charge in [-0.1, -0.05) is 33.8 Å². The fourth-order valence-corrected chi connectivity index (χ4v) is 2.24. The van der Waals surface area contributed by atoms with Crippen LogP contribution in [0.3, 0.4) is 0 Å². The molecule has 16 heavy (non-hydrogen) atoms. The van der Waals surface area contributed by atoms with Crippen LogP contribution in [-0.4, -0.2) is 15.4 Å². The molecular weight excluding hydrogens is 267 g/mol. The summed E-state index contributed by atoms with van der Waals surface area (Å²) >= 11 is 12.9. The molecule has 3 nitrogen and oxygen atoms in total. The molecule has 0 radical (unpaired) electrons. The molecule has 0 unspecified atom stereocenters. The molecule has 0 fully saturated rings. The third kappa shape index (κ3) is 1.96. The summed E-state index contributed by atoms with van der Waals surface area (Å²) in [5.74, 6) is -0.194. The fraction of sp³-hybridized carbons (Fsp3) is 0.100. The zero-order valence-corrected chi connectivity index (χ0v) is 10.5. The molecule has 6 heteroatoms. The van der Waals surface area contributed by atoms with Crippen molar-refractivity contribution in [2.45, 2.75) is 6.92 Å². The standard InChI is InChI=1S/C10H6Cl2N2OS/c1-5-10(16-14-13-5)9(15)6-3-2-4-7(11)8(6)12/h2-4H,1H3. The minimum atomic E-state index is -0.194. The number of nitrogens with zero attached hydrogens (tertiary/aromatic N) is 2. The van der Waals surface area contributed by atoms with Crippen molar-refractivity contribution in [3.8, 4) is 0 Å². The molecule has 0 saturated carbocycles. The first-order valence-corrected chi connectivity index (χ1v) is 5.92. The predicted molar refractivity (Wildman–Crippen MR) is 64.5 cm³/mol. The highest BCUT2D eigenvalue weighted by Crippen LogP contribution is 2.28. The van der Waals surface area contributed by atoms with Crippen molar-refractivity contribution in [2.75, 3.05) is 0 Å². The van der Waals surface area contributed by atoms with E-state index in [0.717, 1.165) is 11.5 Å². The summed E-state index contributed by atoms with van der Waals surface area (Å²) in [4.78, 5) is 12.6. The Morgan fingerprint density at radius 3 is 2.75 bits per heavy atom. The molecule has 1 aromatic carbocycles. The van der Waals surface area contributed by atoms with E-state index in [-0.39, 0.29) is 10.8 Å². The molecule has 0 bridgehead atoms. The van der Waals surface area contributed by atoms with Crippen molar-refractivity contribution < 1.29 is 4.79 Å². The van der Waals surface area contributed by atoms with E-state index in [0.29, 0.717) is 21.2 Å². The largest absolute Gasteiger partial charge is 0.288 e. The van der Waals surface area contributed by atoms with Crippen LogP contribution in [0.1, 0.15) is 20.9 Å². The molecule has 2 rings (SSSR count). The van der Waals surface area contributed by atoms with E-state index in [1.807, 2.05) is 0 Å². The molecule has 0 spiro atoms. The number of hydrogen-bond donors (Lipinski definition) is 0. The quantitative estimate of drug-likeness (QED) is 0.788. The maximum atomic E-state index is 12.1. The van der Waals surface area contributed by atoms with E-state index in [2.05, 4.69) is 9.59 Å². The van der Waals surface area contributed by atoms with E-state index in [1.54, 1.807) is 25.1 Å². The Morgan fingerprint density at radius 2 is 2.12 bits per heavy atom. The second kappa shape index (κ2) is 4.49. The number of carbonyl (C=O) groups is 1. The number of rotatable bonds is 2. The molecule has 2 aromatic rings. The van der Waals surface area contributed by atoms with E-state index in [1.165, 1.54) is 0 Å². The molecule has 0 N–H and O–H groups in total. The molecule has 1 heterocycles. The van der Waals surface area contributed by atoms with Gasteiger partial charge in [0.25, 0.3) is 0 Å². The van der Waals surface area contributed by atoms with Crippen molar-refractivity contribution in [1.82, 2.24) is 9.59 Å². The topological polar surface area (TPSA) is 42.9 Å². The van der Waals surface area contributed by atoms with E-state index in [4.69, 9.17) is 23.2 Å². The number of aromatic nitrogens is 2. The first-order valence-electron chi connectivity index (χ1n) is 4.39. The third-order valence-corrected chi connectivity index (χ3v) is 3.70. The normalized spacial score (nSPS) is 10.4. The lowest BCUT2D eigenvalue weighted by atomic mass is 10.1. The Balaban J connectivity index is 2.50. The minimum absolute atomic E-state index is 0.194. The predicted octanol–water partition coefficient (Wildman–Crippen LogP) is 3.38. The van der Waals surface area contributed by atoms with Crippen LogP contribution in [0, 0.1) is 6.92 Å². The van der Waals surface area contributed by atoms with Crippen molar-refractivity contribution >= 4 is 40.5 Å². The maximum absolute atomic E-state index is 12.1. The Labute approximate surface area is 106 Å². The molecule has 0 saturated heterocycles. The smallest absolute Gasteiger partial charge is 0.208 e. The third-order valence-electron chi connectivity index (χ3n) is 2.05. The van der Waals surface area contributed by atoms with Crippen LogP contribution in [0.5, 0.6) is 0 Å². The molecule has 0 atom stereocenters. The van der Waals surface area contributed by atoms with Gasteiger partial charge in [-0.3, -0.25) is 4.79 Å². The molecule has 0 aliphatic carbocycles. The van der Waals surface area contributed by atoms with Crippen LogP contribution in [0.25, 0.3) is 0 Å². The summed E-state index contributed by atoms with van der Waals surface area (Å²) < 4.78 is 3.72. The summed E-state index contributed by atoms with van der Waals surface area (Å²) in [5.41, 5.74) is 0.981. The molecule has 0 aliphatic heterocycles. The van der Waals surface area contributed by atoms with Gasteiger partial charge < -0.3 is 0 Å². The van der Waals surface area contributed by atoms with Crippen LogP contribution in [0.2, 0.25) is 10.0 Å². The van der Waals surface area contributed by atoms with Gasteiger partial charge in [0, 0.05) is 5.56 Å². The van der Waals surface area contributed by atoms with Gasteiger partial charge in [-0.05, 0) is 30.6 Å². The Hall–Kier alpha value is -0.970. The average Bonchev–Trinajstić information content (AvgIpc) is 2.68. The lowest BCUT2D eigenvalue weighted by molar-refractivity contribution is 0.104. The highest BCUT2D eigenvalue weighted by molar-refractivity contribution is 7.08. The number of benzene rings is 1. The number of aryl methyl sites for hydroxylation is 1. The van der Waals surface area contributed by atoms with Crippen LogP contribution < -0.4 is 0 Å². The number of halogens is 2. The average molecular weight is 273 g/mol. The van der Waals surface area contributed by atoms with Crippen molar-refractivity contribution in [3.05, 3.63) is 44.4 Å². The molecule has 82 valence electrons. The zero-order chi connectivity index (χ0) is 11.7. The van der Waals surface area contributed by atoms with Crippen molar-refractivity contribution in [1.29, 1.82) is 0 Å². The molecule has 1 aromatic heterocycles. The van der Waals surface area contributed by atoms with Crippen molar-refractivity contribution in [2.24, 2.45) is 0 Å². The minimum Gasteiger partial charge on any atom is -0.288 e. The van der Waals surface area contributed by atoms with Crippen LogP contribution >= 0.6 is 34.7 Å². The van der Waals surface area contributed by atoms with E-state index >= 15 is 0 Å². The Kier molecular flexibility index (Phi) is 3.23. The number of carbonyl (C=O) groups excluding carboxylic acids is 1. The summed E-state index contributed by atoms with van der Waals surface area (Å²) in [5, 5.41) is 4.42.